The molecule has 19 nitrogen and oxygen atoms in total. The number of benzene rings is 3. The molecule has 1 aliphatic heterocycles. The quantitative estimate of drug-likeness (QED) is 0.0429. The standard InChI is InChI=1S/C48H54BrN7O12/c1-47(2,3)67-45(61)52-25-33(55-46(62)68-48(4,5)6)40(57)51-24-16-23-50-38-35-32(49)26-56(39(35)54-28-53-38)41-37(66-44(60)31-21-14-9-15-22-31)36(65-43(59)30-19-12-8-13-20-30)34(64-41)27-63-42(58)29-17-10-7-11-18-29/h7-15,17-22,26,28,33-34,36-37,41H,16,23-25,27H2,1-6H3,(H,51,57)(H,52,61)(H,55,62)(H,50,53,54)/t33-,34-,36-,37-,41-/m1/s1. The van der Waals surface area contributed by atoms with Crippen LogP contribution in [0.3, 0.4) is 0 Å². The maximum absolute atomic E-state index is 13.8. The fourth-order valence-electron chi connectivity index (χ4n) is 6.84. The molecule has 0 saturated carbocycles. The van der Waals surface area contributed by atoms with Gasteiger partial charge in [0.1, 0.15) is 47.7 Å². The molecule has 3 aromatic carbocycles. The number of carbonyl (C=O) groups is 6. The summed E-state index contributed by atoms with van der Waals surface area (Å²) >= 11 is 3.64. The lowest BCUT2D eigenvalue weighted by Gasteiger charge is -2.25. The number of anilines is 1. The molecular formula is C48H54BrN7O12. The van der Waals surface area contributed by atoms with Gasteiger partial charge < -0.3 is 54.3 Å². The predicted molar refractivity (Wildman–Crippen MR) is 251 cm³/mol. The van der Waals surface area contributed by atoms with E-state index >= 15 is 0 Å². The van der Waals surface area contributed by atoms with Gasteiger partial charge in [0.05, 0.1) is 28.6 Å². The van der Waals surface area contributed by atoms with Crippen LogP contribution in [0.2, 0.25) is 0 Å². The van der Waals surface area contributed by atoms with Gasteiger partial charge in [-0.1, -0.05) is 54.6 Å². The molecule has 5 atom stereocenters. The third kappa shape index (κ3) is 14.0. The van der Waals surface area contributed by atoms with Crippen LogP contribution in [0.15, 0.2) is 108 Å². The molecule has 3 heterocycles. The summed E-state index contributed by atoms with van der Waals surface area (Å²) < 4.78 is 37.3. The van der Waals surface area contributed by atoms with Crippen molar-refractivity contribution >= 4 is 68.8 Å². The number of halogens is 1. The van der Waals surface area contributed by atoms with E-state index in [1.165, 1.54) is 6.33 Å². The van der Waals surface area contributed by atoms with Crippen molar-refractivity contribution < 1.29 is 57.2 Å². The molecule has 360 valence electrons. The Morgan fingerprint density at radius 1 is 0.706 bits per heavy atom. The Balaban J connectivity index is 1.21. The zero-order valence-electron chi connectivity index (χ0n) is 38.4. The first-order valence-corrected chi connectivity index (χ1v) is 22.5. The molecule has 0 radical (unpaired) electrons. The summed E-state index contributed by atoms with van der Waals surface area (Å²) in [4.78, 5) is 87.9. The van der Waals surface area contributed by atoms with Gasteiger partial charge in [-0.3, -0.25) is 4.79 Å². The van der Waals surface area contributed by atoms with Gasteiger partial charge in [-0.2, -0.15) is 0 Å². The fourth-order valence-corrected chi connectivity index (χ4v) is 7.42. The van der Waals surface area contributed by atoms with Crippen molar-refractivity contribution in [3.05, 3.63) is 125 Å². The van der Waals surface area contributed by atoms with Gasteiger partial charge in [0.25, 0.3) is 0 Å². The number of aromatic nitrogens is 3. The summed E-state index contributed by atoms with van der Waals surface area (Å²) in [5, 5.41) is 11.6. The Morgan fingerprint density at radius 3 is 1.82 bits per heavy atom. The van der Waals surface area contributed by atoms with E-state index in [4.69, 9.17) is 28.4 Å². The Bertz CT molecular complexity index is 2550. The van der Waals surface area contributed by atoms with Crippen molar-refractivity contribution in [2.45, 2.75) is 89.7 Å². The van der Waals surface area contributed by atoms with Crippen LogP contribution >= 0.6 is 15.9 Å². The van der Waals surface area contributed by atoms with Crippen LogP contribution < -0.4 is 21.3 Å². The number of amides is 3. The number of nitrogens with zero attached hydrogens (tertiary/aromatic N) is 3. The normalized spacial score (nSPS) is 17.3. The summed E-state index contributed by atoms with van der Waals surface area (Å²) in [5.74, 6) is -2.27. The van der Waals surface area contributed by atoms with Crippen molar-refractivity contribution in [3.63, 3.8) is 0 Å². The molecule has 1 saturated heterocycles. The number of fused-ring (bicyclic) bond motifs is 1. The summed E-state index contributed by atoms with van der Waals surface area (Å²) in [6.45, 7) is 9.95. The first-order valence-electron chi connectivity index (χ1n) is 21.8. The second-order valence-corrected chi connectivity index (χ2v) is 18.3. The second-order valence-electron chi connectivity index (χ2n) is 17.5. The van der Waals surface area contributed by atoms with E-state index in [-0.39, 0.29) is 30.8 Å². The molecule has 68 heavy (non-hydrogen) atoms. The molecule has 6 rings (SSSR count). The van der Waals surface area contributed by atoms with E-state index in [0.717, 1.165) is 0 Å². The van der Waals surface area contributed by atoms with E-state index in [0.29, 0.717) is 39.9 Å². The molecule has 1 aliphatic rings. The zero-order chi connectivity index (χ0) is 49.0. The number of hydrogen-bond acceptors (Lipinski definition) is 15. The topological polar surface area (TPSA) is 237 Å². The van der Waals surface area contributed by atoms with Crippen molar-refractivity contribution in [2.24, 2.45) is 0 Å². The van der Waals surface area contributed by atoms with Crippen molar-refractivity contribution in [1.29, 1.82) is 0 Å². The summed E-state index contributed by atoms with van der Waals surface area (Å²) in [5.41, 5.74) is -0.532. The van der Waals surface area contributed by atoms with Crippen LogP contribution in [0.25, 0.3) is 11.0 Å². The average Bonchev–Trinajstić information content (AvgIpc) is 3.81. The highest BCUT2D eigenvalue weighted by atomic mass is 79.9. The minimum Gasteiger partial charge on any atom is -0.459 e. The Kier molecular flexibility index (Phi) is 16.8. The van der Waals surface area contributed by atoms with Gasteiger partial charge in [0.15, 0.2) is 18.4 Å². The van der Waals surface area contributed by atoms with Crippen LogP contribution in [0, 0.1) is 0 Å². The van der Waals surface area contributed by atoms with E-state index < -0.39 is 77.8 Å². The number of ether oxygens (including phenoxy) is 6. The van der Waals surface area contributed by atoms with Crippen molar-refractivity contribution in [1.82, 2.24) is 30.5 Å². The minimum absolute atomic E-state index is 0.158. The molecule has 5 aromatic rings. The molecule has 20 heteroatoms. The highest BCUT2D eigenvalue weighted by Gasteiger charge is 2.52. The highest BCUT2D eigenvalue weighted by Crippen LogP contribution is 2.40. The molecule has 0 aliphatic carbocycles. The zero-order valence-corrected chi connectivity index (χ0v) is 39.9. The molecule has 0 bridgehead atoms. The number of alkyl carbamates (subject to hydrolysis) is 2. The first kappa shape index (κ1) is 50.4. The van der Waals surface area contributed by atoms with E-state index in [1.807, 2.05) is 0 Å². The summed E-state index contributed by atoms with van der Waals surface area (Å²) in [7, 11) is 0. The van der Waals surface area contributed by atoms with Crippen molar-refractivity contribution in [2.75, 3.05) is 31.6 Å². The van der Waals surface area contributed by atoms with E-state index in [9.17, 15) is 28.8 Å². The molecule has 4 N–H and O–H groups in total. The van der Waals surface area contributed by atoms with Gasteiger partial charge in [0.2, 0.25) is 5.91 Å². The van der Waals surface area contributed by atoms with Crippen LogP contribution in [-0.2, 0) is 33.2 Å². The molecule has 0 unspecified atom stereocenters. The molecule has 0 spiro atoms. The molecule has 2 aromatic heterocycles. The Hall–Kier alpha value is -7.06. The van der Waals surface area contributed by atoms with Gasteiger partial charge in [-0.15, -0.1) is 0 Å². The molecular weight excluding hydrogens is 946 g/mol. The Morgan fingerprint density at radius 2 is 1.25 bits per heavy atom. The van der Waals surface area contributed by atoms with Crippen LogP contribution in [-0.4, -0.2) is 112 Å². The Labute approximate surface area is 401 Å². The SMILES string of the molecule is CC(C)(C)OC(=O)NC[C@@H](NC(=O)OC(C)(C)C)C(=O)NCCCNc1ncnc2c1c(Br)cn2[C@@H]1O[C@H](COC(=O)c2ccccc2)[C@@H](OC(=O)c2ccccc2)[C@H]1OC(=O)c1ccccc1. The van der Waals surface area contributed by atoms with Crippen LogP contribution in [0.1, 0.15) is 85.3 Å². The smallest absolute Gasteiger partial charge is 0.408 e. The highest BCUT2D eigenvalue weighted by molar-refractivity contribution is 9.10. The number of carbonyl (C=O) groups excluding carboxylic acids is 6. The van der Waals surface area contributed by atoms with E-state index in [2.05, 4.69) is 47.2 Å². The number of rotatable bonds is 17. The predicted octanol–water partition coefficient (Wildman–Crippen LogP) is 6.74. The fraction of sp³-hybridized carbons (Fsp3) is 0.375. The lowest BCUT2D eigenvalue weighted by molar-refractivity contribution is -0.123. The lowest BCUT2D eigenvalue weighted by Crippen LogP contribution is -2.54. The van der Waals surface area contributed by atoms with Crippen molar-refractivity contribution in [3.8, 4) is 0 Å². The first-order chi connectivity index (χ1) is 32.4. The minimum atomic E-state index is -1.30. The van der Waals surface area contributed by atoms with Gasteiger partial charge in [0, 0.05) is 23.8 Å². The second kappa shape index (κ2) is 22.6. The van der Waals surface area contributed by atoms with Gasteiger partial charge >= 0.3 is 30.1 Å². The van der Waals surface area contributed by atoms with Gasteiger partial charge in [-0.05, 0) is 100 Å². The largest absolute Gasteiger partial charge is 0.459 e. The average molecular weight is 1000 g/mol. The molecule has 3 amide bonds. The molecule has 1 fully saturated rings. The summed E-state index contributed by atoms with van der Waals surface area (Å²) in [6, 6.07) is 23.7. The summed E-state index contributed by atoms with van der Waals surface area (Å²) in [6.07, 6.45) is -3.15. The maximum Gasteiger partial charge on any atom is 0.408 e. The third-order valence-electron chi connectivity index (χ3n) is 9.82. The van der Waals surface area contributed by atoms with Gasteiger partial charge in [-0.25, -0.2) is 33.9 Å². The number of nitrogens with one attached hydrogen (secondary N) is 4. The maximum atomic E-state index is 13.8. The third-order valence-corrected chi connectivity index (χ3v) is 10.4. The van der Waals surface area contributed by atoms with Crippen LogP contribution in [0.5, 0.6) is 0 Å². The number of hydrogen-bond donors (Lipinski definition) is 4. The number of esters is 3. The van der Waals surface area contributed by atoms with Crippen LogP contribution in [0.4, 0.5) is 15.4 Å². The monoisotopic (exact) mass is 999 g/mol. The van der Waals surface area contributed by atoms with E-state index in [1.54, 1.807) is 143 Å². The lowest BCUT2D eigenvalue weighted by atomic mass is 10.1.